The zero-order chi connectivity index (χ0) is 19.1. The number of aromatic nitrogens is 1. The molecule has 2 N–H and O–H groups in total. The van der Waals surface area contributed by atoms with Crippen molar-refractivity contribution in [3.05, 3.63) is 74.8 Å². The third-order valence-corrected chi connectivity index (χ3v) is 5.73. The van der Waals surface area contributed by atoms with Gasteiger partial charge < -0.3 is 10.0 Å². The fourth-order valence-electron chi connectivity index (χ4n) is 3.16. The fraction of sp³-hybridized carbons (Fsp3) is 0.143. The van der Waals surface area contributed by atoms with Crippen LogP contribution in [0, 0.1) is 19.3 Å². The molecule has 0 spiro atoms. The summed E-state index contributed by atoms with van der Waals surface area (Å²) in [5.41, 5.74) is 5.40. The molecule has 0 unspecified atom stereocenters. The monoisotopic (exact) mass is 395 g/mol. The van der Waals surface area contributed by atoms with E-state index in [0.717, 1.165) is 28.1 Å². The highest BCUT2D eigenvalue weighted by molar-refractivity contribution is 7.11. The van der Waals surface area contributed by atoms with Gasteiger partial charge in [-0.25, -0.2) is 4.98 Å². The van der Waals surface area contributed by atoms with E-state index < -0.39 is 0 Å². The van der Waals surface area contributed by atoms with Crippen LogP contribution in [0.25, 0.3) is 16.8 Å². The van der Waals surface area contributed by atoms with E-state index in [9.17, 15) is 5.11 Å². The minimum atomic E-state index is 0.179. The molecule has 3 aromatic rings. The number of aliphatic hydroxyl groups excluding tert-OH is 1. The van der Waals surface area contributed by atoms with E-state index in [1.807, 2.05) is 66.6 Å². The largest absolute Gasteiger partial charge is 0.510 e. The van der Waals surface area contributed by atoms with Crippen LogP contribution in [-0.4, -0.2) is 22.5 Å². The lowest BCUT2D eigenvalue weighted by molar-refractivity contribution is 0.411. The van der Waals surface area contributed by atoms with Crippen LogP contribution in [0.2, 0.25) is 5.02 Å². The first-order valence-corrected chi connectivity index (χ1v) is 9.77. The molecule has 2 aromatic carbocycles. The summed E-state index contributed by atoms with van der Waals surface area (Å²) < 4.78 is 0. The summed E-state index contributed by atoms with van der Waals surface area (Å²) in [6.45, 7) is 4.32. The molecular weight excluding hydrogens is 378 g/mol. The second-order valence-corrected chi connectivity index (χ2v) is 7.89. The Morgan fingerprint density at radius 3 is 2.63 bits per heavy atom. The lowest BCUT2D eigenvalue weighted by Crippen LogP contribution is -2.26. The van der Waals surface area contributed by atoms with Gasteiger partial charge in [0.1, 0.15) is 16.6 Å². The maximum Gasteiger partial charge on any atom is 0.139 e. The van der Waals surface area contributed by atoms with Crippen molar-refractivity contribution in [3.8, 4) is 11.3 Å². The molecule has 0 radical (unpaired) electrons. The number of hydrogen-bond donors (Lipinski definition) is 2. The molecule has 1 aromatic heterocycles. The summed E-state index contributed by atoms with van der Waals surface area (Å²) in [4.78, 5) is 6.48. The van der Waals surface area contributed by atoms with E-state index in [4.69, 9.17) is 17.0 Å². The molecule has 1 aliphatic heterocycles. The SMILES string of the molecule is Cc1ccc(C)c(N2CC(O)=C(c3nc(-c4ccc(Cl)cc4)cs3)C2=N)c1. The Labute approximate surface area is 166 Å². The Morgan fingerprint density at radius 2 is 1.89 bits per heavy atom. The number of benzene rings is 2. The molecular formula is C21H18ClN3OS. The summed E-state index contributed by atoms with van der Waals surface area (Å²) in [5.74, 6) is 0.455. The molecule has 0 amide bonds. The van der Waals surface area contributed by atoms with E-state index in [2.05, 4.69) is 4.98 Å². The van der Waals surface area contributed by atoms with Crippen LogP contribution in [0.5, 0.6) is 0 Å². The highest BCUT2D eigenvalue weighted by Gasteiger charge is 2.32. The fourth-order valence-corrected chi connectivity index (χ4v) is 4.18. The van der Waals surface area contributed by atoms with Crippen molar-refractivity contribution in [2.45, 2.75) is 13.8 Å². The number of rotatable bonds is 3. The second-order valence-electron chi connectivity index (χ2n) is 6.59. The number of amidine groups is 1. The normalized spacial score (nSPS) is 14.3. The predicted octanol–water partition coefficient (Wildman–Crippen LogP) is 5.85. The van der Waals surface area contributed by atoms with E-state index in [-0.39, 0.29) is 18.1 Å². The van der Waals surface area contributed by atoms with Gasteiger partial charge in [0.05, 0.1) is 17.8 Å². The van der Waals surface area contributed by atoms with Crippen molar-refractivity contribution in [2.75, 3.05) is 11.4 Å². The van der Waals surface area contributed by atoms with Crippen LogP contribution in [0.1, 0.15) is 16.1 Å². The van der Waals surface area contributed by atoms with Crippen LogP contribution >= 0.6 is 22.9 Å². The summed E-state index contributed by atoms with van der Waals surface area (Å²) in [5, 5.41) is 22.5. The molecule has 0 bridgehead atoms. The number of aliphatic hydroxyl groups is 1. The topological polar surface area (TPSA) is 60.2 Å². The van der Waals surface area contributed by atoms with Crippen molar-refractivity contribution in [1.29, 1.82) is 5.41 Å². The van der Waals surface area contributed by atoms with E-state index in [1.54, 1.807) is 0 Å². The third-order valence-electron chi connectivity index (χ3n) is 4.62. The molecule has 0 aliphatic carbocycles. The zero-order valence-electron chi connectivity index (χ0n) is 15.0. The number of nitrogens with one attached hydrogen (secondary N) is 1. The van der Waals surface area contributed by atoms with Crippen molar-refractivity contribution in [3.63, 3.8) is 0 Å². The van der Waals surface area contributed by atoms with E-state index >= 15 is 0 Å². The van der Waals surface area contributed by atoms with Crippen LogP contribution < -0.4 is 4.90 Å². The molecule has 4 nitrogen and oxygen atoms in total. The van der Waals surface area contributed by atoms with Gasteiger partial charge in [-0.15, -0.1) is 11.3 Å². The molecule has 6 heteroatoms. The minimum absolute atomic E-state index is 0.179. The van der Waals surface area contributed by atoms with Crippen molar-refractivity contribution in [2.24, 2.45) is 0 Å². The summed E-state index contributed by atoms with van der Waals surface area (Å²) >= 11 is 7.38. The molecule has 136 valence electrons. The summed E-state index contributed by atoms with van der Waals surface area (Å²) in [7, 11) is 0. The third kappa shape index (κ3) is 3.24. The molecule has 1 aliphatic rings. The van der Waals surface area contributed by atoms with Crippen molar-refractivity contribution in [1.82, 2.24) is 4.98 Å². The Morgan fingerprint density at radius 1 is 1.15 bits per heavy atom. The lowest BCUT2D eigenvalue weighted by atomic mass is 10.1. The number of hydrogen-bond acceptors (Lipinski definition) is 4. The van der Waals surface area contributed by atoms with Crippen LogP contribution in [0.4, 0.5) is 5.69 Å². The van der Waals surface area contributed by atoms with Gasteiger partial charge in [0.15, 0.2) is 0 Å². The number of nitrogens with zero attached hydrogens (tertiary/aromatic N) is 2. The standard InChI is InChI=1S/C21H18ClN3OS/c1-12-3-4-13(2)17(9-12)25-10-18(26)19(20(25)23)21-24-16(11-27-21)14-5-7-15(22)8-6-14/h3-9,11,23,26H,10H2,1-2H3. The van der Waals surface area contributed by atoms with Gasteiger partial charge in [0, 0.05) is 21.7 Å². The van der Waals surface area contributed by atoms with Crippen LogP contribution in [0.3, 0.4) is 0 Å². The Balaban J connectivity index is 1.67. The number of anilines is 1. The van der Waals surface area contributed by atoms with Crippen molar-refractivity contribution >= 4 is 40.0 Å². The quantitative estimate of drug-likeness (QED) is 0.585. The Bertz CT molecular complexity index is 1070. The molecule has 0 fully saturated rings. The minimum Gasteiger partial charge on any atom is -0.510 e. The summed E-state index contributed by atoms with van der Waals surface area (Å²) in [6, 6.07) is 13.6. The van der Waals surface area contributed by atoms with Gasteiger partial charge in [-0.2, -0.15) is 0 Å². The number of halogens is 1. The molecule has 2 heterocycles. The first-order chi connectivity index (χ1) is 12.9. The molecule has 27 heavy (non-hydrogen) atoms. The first kappa shape index (κ1) is 17.8. The van der Waals surface area contributed by atoms with Crippen LogP contribution in [-0.2, 0) is 0 Å². The van der Waals surface area contributed by atoms with Gasteiger partial charge >= 0.3 is 0 Å². The number of aryl methyl sites for hydroxylation is 2. The molecule has 4 rings (SSSR count). The van der Waals surface area contributed by atoms with Gasteiger partial charge in [0.2, 0.25) is 0 Å². The van der Waals surface area contributed by atoms with Gasteiger partial charge in [0.25, 0.3) is 0 Å². The van der Waals surface area contributed by atoms with Gasteiger partial charge in [-0.3, -0.25) is 5.41 Å². The average molecular weight is 396 g/mol. The van der Waals surface area contributed by atoms with Gasteiger partial charge in [-0.1, -0.05) is 35.9 Å². The highest BCUT2D eigenvalue weighted by Crippen LogP contribution is 2.35. The smallest absolute Gasteiger partial charge is 0.139 e. The molecule has 0 saturated heterocycles. The maximum absolute atomic E-state index is 10.6. The maximum atomic E-state index is 10.6. The van der Waals surface area contributed by atoms with Crippen LogP contribution in [0.15, 0.2) is 53.6 Å². The van der Waals surface area contributed by atoms with Crippen molar-refractivity contribution < 1.29 is 5.11 Å². The zero-order valence-corrected chi connectivity index (χ0v) is 16.5. The lowest BCUT2D eigenvalue weighted by Gasteiger charge is -2.21. The Hall–Kier alpha value is -2.63. The summed E-state index contributed by atoms with van der Waals surface area (Å²) in [6.07, 6.45) is 0. The molecule has 0 saturated carbocycles. The first-order valence-electron chi connectivity index (χ1n) is 8.51. The highest BCUT2D eigenvalue weighted by atomic mass is 35.5. The second kappa shape index (κ2) is 6.83. The Kier molecular flexibility index (Phi) is 4.50. The van der Waals surface area contributed by atoms with Gasteiger partial charge in [-0.05, 0) is 43.2 Å². The molecule has 0 atom stereocenters. The van der Waals surface area contributed by atoms with E-state index in [1.165, 1.54) is 11.3 Å². The predicted molar refractivity (Wildman–Crippen MR) is 113 cm³/mol. The van der Waals surface area contributed by atoms with E-state index in [0.29, 0.717) is 15.6 Å². The number of thiazole rings is 1. The average Bonchev–Trinajstić information content (AvgIpc) is 3.22.